The largest absolute Gasteiger partial charge is 0.311 e. The molecule has 0 heterocycles. The number of hydrogen-bond acceptors (Lipinski definition) is 3. The van der Waals surface area contributed by atoms with Crippen LogP contribution in [0.5, 0.6) is 0 Å². The van der Waals surface area contributed by atoms with Crippen molar-refractivity contribution in [1.29, 1.82) is 0 Å². The molecule has 0 atom stereocenters. The van der Waals surface area contributed by atoms with Crippen molar-refractivity contribution < 1.29 is 0 Å². The molecule has 39 heavy (non-hydrogen) atoms. The van der Waals surface area contributed by atoms with Crippen molar-refractivity contribution >= 4 is 54.0 Å². The van der Waals surface area contributed by atoms with Gasteiger partial charge in [0.15, 0.2) is 0 Å². The van der Waals surface area contributed by atoms with Crippen molar-refractivity contribution in [3.63, 3.8) is 0 Å². The SMILES string of the molecule is Cc1ccc(/C(=C/c2ccc(N(c3ccc(C)cc3)c3ccc(CS)cc3)cc2)c2ccc(CS)cc2)cc1. The van der Waals surface area contributed by atoms with Crippen LogP contribution in [-0.2, 0) is 11.5 Å². The molecule has 0 saturated carbocycles. The molecule has 0 amide bonds. The molecule has 0 aliphatic rings. The molecule has 0 radical (unpaired) electrons. The molecule has 194 valence electrons. The molecule has 5 aromatic rings. The minimum absolute atomic E-state index is 0.729. The third kappa shape index (κ3) is 6.50. The van der Waals surface area contributed by atoms with Gasteiger partial charge in [0.2, 0.25) is 0 Å². The van der Waals surface area contributed by atoms with Crippen LogP contribution in [0.1, 0.15) is 38.9 Å². The van der Waals surface area contributed by atoms with E-state index in [1.807, 2.05) is 0 Å². The molecule has 0 spiro atoms. The second-order valence-corrected chi connectivity index (χ2v) is 10.5. The Morgan fingerprint density at radius 1 is 0.513 bits per heavy atom. The molecule has 0 fully saturated rings. The lowest BCUT2D eigenvalue weighted by Gasteiger charge is -2.26. The number of anilines is 3. The van der Waals surface area contributed by atoms with E-state index in [0.717, 1.165) is 34.1 Å². The van der Waals surface area contributed by atoms with Crippen molar-refractivity contribution in [2.24, 2.45) is 0 Å². The van der Waals surface area contributed by atoms with E-state index in [0.29, 0.717) is 0 Å². The van der Waals surface area contributed by atoms with Crippen molar-refractivity contribution in [3.05, 3.63) is 160 Å². The van der Waals surface area contributed by atoms with Crippen LogP contribution in [0.25, 0.3) is 11.6 Å². The van der Waals surface area contributed by atoms with E-state index in [4.69, 9.17) is 0 Å². The van der Waals surface area contributed by atoms with Gasteiger partial charge in [-0.3, -0.25) is 0 Å². The smallest absolute Gasteiger partial charge is 0.0462 e. The van der Waals surface area contributed by atoms with Gasteiger partial charge in [0.05, 0.1) is 0 Å². The summed E-state index contributed by atoms with van der Waals surface area (Å²) in [5, 5.41) is 0. The molecule has 3 heteroatoms. The van der Waals surface area contributed by atoms with E-state index >= 15 is 0 Å². The molecule has 5 rings (SSSR count). The van der Waals surface area contributed by atoms with Gasteiger partial charge in [-0.05, 0) is 89.7 Å². The number of benzene rings is 5. The van der Waals surface area contributed by atoms with Crippen LogP contribution in [0.4, 0.5) is 17.1 Å². The molecule has 0 saturated heterocycles. The van der Waals surface area contributed by atoms with Gasteiger partial charge in [-0.25, -0.2) is 0 Å². The highest BCUT2D eigenvalue weighted by atomic mass is 32.1. The standard InChI is InChI=1S/C36H33NS2/c1-26-3-13-31(14-4-26)36(32-15-7-29(24-38)8-16-32)23-28-9-19-34(20-10-28)37(33-17-5-27(2)6-18-33)35-21-11-30(25-39)12-22-35/h3-23,38-39H,24-25H2,1-2H3/b36-23-. The fourth-order valence-corrected chi connectivity index (χ4v) is 5.06. The highest BCUT2D eigenvalue weighted by Gasteiger charge is 2.13. The average Bonchev–Trinajstić information content (AvgIpc) is 2.99. The van der Waals surface area contributed by atoms with Gasteiger partial charge < -0.3 is 4.90 Å². The van der Waals surface area contributed by atoms with Gasteiger partial charge in [0, 0.05) is 28.6 Å². The minimum atomic E-state index is 0.729. The maximum Gasteiger partial charge on any atom is 0.0462 e. The van der Waals surface area contributed by atoms with Crippen LogP contribution in [0.2, 0.25) is 0 Å². The van der Waals surface area contributed by atoms with E-state index < -0.39 is 0 Å². The first kappa shape index (κ1) is 26.9. The monoisotopic (exact) mass is 543 g/mol. The molecule has 0 aliphatic heterocycles. The molecule has 1 nitrogen and oxygen atoms in total. The number of nitrogens with zero attached hydrogens (tertiary/aromatic N) is 1. The molecule has 0 aliphatic carbocycles. The summed E-state index contributed by atoms with van der Waals surface area (Å²) in [5.41, 5.74) is 13.0. The number of hydrogen-bond donors (Lipinski definition) is 2. The summed E-state index contributed by atoms with van der Waals surface area (Å²) >= 11 is 8.86. The Labute approximate surface area is 243 Å². The summed E-state index contributed by atoms with van der Waals surface area (Å²) in [6, 6.07) is 43.6. The summed E-state index contributed by atoms with van der Waals surface area (Å²) in [7, 11) is 0. The fourth-order valence-electron chi connectivity index (χ4n) is 4.63. The lowest BCUT2D eigenvalue weighted by atomic mass is 9.94. The zero-order chi connectivity index (χ0) is 27.2. The van der Waals surface area contributed by atoms with Crippen molar-refractivity contribution in [1.82, 2.24) is 0 Å². The Balaban J connectivity index is 1.54. The molecule has 0 unspecified atom stereocenters. The fraction of sp³-hybridized carbons (Fsp3) is 0.111. The van der Waals surface area contributed by atoms with Crippen molar-refractivity contribution in [2.75, 3.05) is 4.90 Å². The van der Waals surface area contributed by atoms with Gasteiger partial charge in [-0.2, -0.15) is 25.3 Å². The number of rotatable bonds is 8. The molecular weight excluding hydrogens is 511 g/mol. The zero-order valence-corrected chi connectivity index (χ0v) is 24.2. The van der Waals surface area contributed by atoms with Crippen LogP contribution in [0, 0.1) is 13.8 Å². The van der Waals surface area contributed by atoms with Crippen molar-refractivity contribution in [2.45, 2.75) is 25.4 Å². The van der Waals surface area contributed by atoms with Crippen molar-refractivity contribution in [3.8, 4) is 0 Å². The molecule has 0 aromatic heterocycles. The summed E-state index contributed by atoms with van der Waals surface area (Å²) in [6.07, 6.45) is 2.28. The minimum Gasteiger partial charge on any atom is -0.311 e. The van der Waals surface area contributed by atoms with Crippen LogP contribution in [-0.4, -0.2) is 0 Å². The lowest BCUT2D eigenvalue weighted by molar-refractivity contribution is 1.26. The third-order valence-electron chi connectivity index (χ3n) is 6.94. The summed E-state index contributed by atoms with van der Waals surface area (Å²) in [4.78, 5) is 2.30. The van der Waals surface area contributed by atoms with Gasteiger partial charge in [-0.1, -0.05) is 96.1 Å². The predicted molar refractivity (Wildman–Crippen MR) is 176 cm³/mol. The van der Waals surface area contributed by atoms with E-state index in [1.165, 1.54) is 39.0 Å². The van der Waals surface area contributed by atoms with E-state index in [2.05, 4.69) is 171 Å². The van der Waals surface area contributed by atoms with E-state index in [-0.39, 0.29) is 0 Å². The Morgan fingerprint density at radius 2 is 0.872 bits per heavy atom. The highest BCUT2D eigenvalue weighted by Crippen LogP contribution is 2.35. The number of aryl methyl sites for hydroxylation is 2. The molecule has 5 aromatic carbocycles. The van der Waals surface area contributed by atoms with Gasteiger partial charge in [0.1, 0.15) is 0 Å². The predicted octanol–water partition coefficient (Wildman–Crippen LogP) is 10.2. The van der Waals surface area contributed by atoms with Gasteiger partial charge >= 0.3 is 0 Å². The highest BCUT2D eigenvalue weighted by molar-refractivity contribution is 7.79. The second-order valence-electron chi connectivity index (χ2n) is 9.87. The first-order chi connectivity index (χ1) is 19.0. The average molecular weight is 544 g/mol. The lowest BCUT2D eigenvalue weighted by Crippen LogP contribution is -2.09. The Hall–Kier alpha value is -3.66. The van der Waals surface area contributed by atoms with Crippen LogP contribution < -0.4 is 4.90 Å². The quantitative estimate of drug-likeness (QED) is 0.145. The van der Waals surface area contributed by atoms with Gasteiger partial charge in [0.25, 0.3) is 0 Å². The van der Waals surface area contributed by atoms with Crippen LogP contribution in [0.15, 0.2) is 121 Å². The maximum absolute atomic E-state index is 4.43. The Kier molecular flexibility index (Phi) is 8.61. The van der Waals surface area contributed by atoms with E-state index in [1.54, 1.807) is 0 Å². The molecule has 0 N–H and O–H groups in total. The first-order valence-corrected chi connectivity index (χ1v) is 14.5. The summed E-state index contributed by atoms with van der Waals surface area (Å²) in [5.74, 6) is 1.46. The second kappa shape index (κ2) is 12.5. The summed E-state index contributed by atoms with van der Waals surface area (Å²) in [6.45, 7) is 4.24. The summed E-state index contributed by atoms with van der Waals surface area (Å²) < 4.78 is 0. The van der Waals surface area contributed by atoms with Crippen LogP contribution in [0.3, 0.4) is 0 Å². The zero-order valence-electron chi connectivity index (χ0n) is 22.4. The Morgan fingerprint density at radius 3 is 1.33 bits per heavy atom. The first-order valence-electron chi connectivity index (χ1n) is 13.2. The maximum atomic E-state index is 4.43. The Bertz CT molecular complexity index is 1530. The number of thiol groups is 2. The molecule has 0 bridgehead atoms. The van der Waals surface area contributed by atoms with E-state index in [9.17, 15) is 0 Å². The van der Waals surface area contributed by atoms with Gasteiger partial charge in [-0.15, -0.1) is 0 Å². The normalized spacial score (nSPS) is 11.4. The molecular formula is C36H33NS2. The topological polar surface area (TPSA) is 3.24 Å². The van der Waals surface area contributed by atoms with Crippen LogP contribution >= 0.6 is 25.3 Å². The third-order valence-corrected chi connectivity index (χ3v) is 7.67.